The fourth-order valence-electron chi connectivity index (χ4n) is 4.55. The molecule has 2 N–H and O–H groups in total. The molecule has 27 heavy (non-hydrogen) atoms. The first-order valence-electron chi connectivity index (χ1n) is 9.71. The van der Waals surface area contributed by atoms with E-state index in [0.717, 1.165) is 48.7 Å². The van der Waals surface area contributed by atoms with Crippen molar-refractivity contribution in [1.82, 2.24) is 10.4 Å². The zero-order valence-corrected chi connectivity index (χ0v) is 15.9. The normalized spacial score (nSPS) is 29.3. The third-order valence-corrected chi connectivity index (χ3v) is 6.10. The lowest BCUT2D eigenvalue weighted by Gasteiger charge is -2.50. The van der Waals surface area contributed by atoms with Gasteiger partial charge >= 0.3 is 0 Å². The quantitative estimate of drug-likeness (QED) is 0.855. The average molecular weight is 364 g/mol. The molecule has 0 bridgehead atoms. The molecule has 2 aromatic carbocycles. The Balaban J connectivity index is 1.58. The maximum absolute atomic E-state index is 6.65. The third kappa shape index (κ3) is 2.61. The molecule has 1 spiro atoms. The van der Waals surface area contributed by atoms with Crippen molar-refractivity contribution in [3.63, 3.8) is 0 Å². The zero-order chi connectivity index (χ0) is 18.4. The topological polar surface area (TPSA) is 38.2 Å². The number of fused-ring (bicyclic) bond motifs is 4. The van der Waals surface area contributed by atoms with Gasteiger partial charge in [-0.25, -0.2) is 0 Å². The second-order valence-electron chi connectivity index (χ2n) is 7.75. The van der Waals surface area contributed by atoms with Crippen LogP contribution in [0.1, 0.15) is 30.0 Å². The fraction of sp³-hybridized carbons (Fsp3) is 0.364. The van der Waals surface area contributed by atoms with Crippen molar-refractivity contribution in [2.75, 3.05) is 27.2 Å². The molecule has 5 heteroatoms. The Morgan fingerprint density at radius 2 is 1.85 bits per heavy atom. The Labute approximate surface area is 160 Å². The highest BCUT2D eigenvalue weighted by molar-refractivity contribution is 5.72. The van der Waals surface area contributed by atoms with Gasteiger partial charge < -0.3 is 19.8 Å². The average Bonchev–Trinajstić information content (AvgIpc) is 3.17. The molecule has 1 saturated heterocycles. The van der Waals surface area contributed by atoms with Crippen molar-refractivity contribution < 1.29 is 14.4 Å². The van der Waals surface area contributed by atoms with Crippen molar-refractivity contribution in [1.29, 1.82) is 0 Å². The summed E-state index contributed by atoms with van der Waals surface area (Å²) in [5, 5.41) is 2.34. The lowest BCUT2D eigenvalue weighted by atomic mass is 9.93. The summed E-state index contributed by atoms with van der Waals surface area (Å²) in [5.41, 5.74) is 6.76. The predicted molar refractivity (Wildman–Crippen MR) is 104 cm³/mol. The minimum absolute atomic E-state index is 0.160. The standard InChI is InChI=1S/C22H25N3O2/c1-24-13-11-22(12-14-24)25-19(17-8-4-6-10-21(17)27-22)15-18(23-25)16-7-3-5-9-20(16)26-2/h3-10,15,19,23H,11-14H2,1-2H3/p+1/t19-/m0/s1. The number of hydrogen-bond acceptors (Lipinski definition) is 4. The van der Waals surface area contributed by atoms with E-state index >= 15 is 0 Å². The highest BCUT2D eigenvalue weighted by Gasteiger charge is 2.52. The number of piperidine rings is 1. The first-order valence-corrected chi connectivity index (χ1v) is 9.71. The number of hydrogen-bond donors (Lipinski definition) is 2. The summed E-state index contributed by atoms with van der Waals surface area (Å²) in [7, 11) is 3.98. The number of nitrogens with zero attached hydrogens (tertiary/aromatic N) is 1. The lowest BCUT2D eigenvalue weighted by Crippen LogP contribution is -3.11. The number of quaternary nitrogens is 1. The molecule has 0 radical (unpaired) electrons. The number of ether oxygens (including phenoxy) is 2. The maximum atomic E-state index is 6.65. The Morgan fingerprint density at radius 3 is 2.67 bits per heavy atom. The third-order valence-electron chi connectivity index (χ3n) is 6.10. The Hall–Kier alpha value is -2.50. The maximum Gasteiger partial charge on any atom is 0.191 e. The summed E-state index contributed by atoms with van der Waals surface area (Å²) < 4.78 is 12.2. The number of nitrogens with one attached hydrogen (secondary N) is 2. The molecule has 2 aromatic rings. The number of para-hydroxylation sites is 2. The molecule has 5 rings (SSSR count). The first kappa shape index (κ1) is 16.7. The van der Waals surface area contributed by atoms with E-state index in [-0.39, 0.29) is 11.8 Å². The van der Waals surface area contributed by atoms with E-state index in [1.807, 2.05) is 12.1 Å². The second kappa shape index (κ2) is 6.29. The second-order valence-corrected chi connectivity index (χ2v) is 7.75. The van der Waals surface area contributed by atoms with E-state index in [2.05, 4.69) is 60.0 Å². The van der Waals surface area contributed by atoms with Crippen molar-refractivity contribution in [3.05, 3.63) is 65.7 Å². The van der Waals surface area contributed by atoms with Crippen molar-refractivity contribution in [2.24, 2.45) is 0 Å². The number of benzene rings is 2. The molecule has 1 atom stereocenters. The van der Waals surface area contributed by atoms with Gasteiger partial charge in [0.05, 0.1) is 51.8 Å². The highest BCUT2D eigenvalue weighted by atomic mass is 16.5. The van der Waals surface area contributed by atoms with Crippen molar-refractivity contribution in [3.8, 4) is 11.5 Å². The van der Waals surface area contributed by atoms with Crippen LogP contribution in [-0.2, 0) is 0 Å². The monoisotopic (exact) mass is 364 g/mol. The Morgan fingerprint density at radius 1 is 1.11 bits per heavy atom. The van der Waals surface area contributed by atoms with Crippen LogP contribution in [0.2, 0.25) is 0 Å². The van der Waals surface area contributed by atoms with E-state index in [4.69, 9.17) is 9.47 Å². The van der Waals surface area contributed by atoms with Crippen LogP contribution in [0, 0.1) is 0 Å². The van der Waals surface area contributed by atoms with Crippen LogP contribution in [0.3, 0.4) is 0 Å². The van der Waals surface area contributed by atoms with Gasteiger partial charge in [-0.2, -0.15) is 5.01 Å². The summed E-state index contributed by atoms with van der Waals surface area (Å²) in [4.78, 5) is 1.57. The summed E-state index contributed by atoms with van der Waals surface area (Å²) in [6.07, 6.45) is 4.32. The van der Waals surface area contributed by atoms with Crippen LogP contribution >= 0.6 is 0 Å². The van der Waals surface area contributed by atoms with Crippen molar-refractivity contribution >= 4 is 5.70 Å². The van der Waals surface area contributed by atoms with Crippen molar-refractivity contribution in [2.45, 2.75) is 24.6 Å². The van der Waals surface area contributed by atoms with E-state index in [1.165, 1.54) is 5.56 Å². The molecule has 1 fully saturated rings. The zero-order valence-electron chi connectivity index (χ0n) is 15.9. The minimum Gasteiger partial charge on any atom is -0.496 e. The van der Waals surface area contributed by atoms with Crippen LogP contribution < -0.4 is 19.8 Å². The van der Waals surface area contributed by atoms with Gasteiger partial charge in [0.25, 0.3) is 0 Å². The SMILES string of the molecule is COc1ccccc1C1=C[C@H]2c3ccccc3OC3(CC[NH+](C)CC3)N2N1. The van der Waals surface area contributed by atoms with E-state index in [0.29, 0.717) is 0 Å². The number of hydrazine groups is 1. The van der Waals surface area contributed by atoms with Gasteiger partial charge in [-0.1, -0.05) is 30.3 Å². The van der Waals surface area contributed by atoms with Crippen LogP contribution in [0.25, 0.3) is 5.70 Å². The van der Waals surface area contributed by atoms with E-state index < -0.39 is 0 Å². The molecule has 140 valence electrons. The van der Waals surface area contributed by atoms with Crippen LogP contribution in [0.5, 0.6) is 11.5 Å². The lowest BCUT2D eigenvalue weighted by molar-refractivity contribution is -0.888. The Kier molecular flexibility index (Phi) is 3.88. The van der Waals surface area contributed by atoms with Gasteiger partial charge in [-0.3, -0.25) is 0 Å². The first-order chi connectivity index (χ1) is 13.2. The summed E-state index contributed by atoms with van der Waals surface area (Å²) >= 11 is 0. The number of rotatable bonds is 2. The predicted octanol–water partition coefficient (Wildman–Crippen LogP) is 1.99. The smallest absolute Gasteiger partial charge is 0.191 e. The van der Waals surface area contributed by atoms with Gasteiger partial charge in [0, 0.05) is 11.1 Å². The van der Waals surface area contributed by atoms with Gasteiger partial charge in [-0.05, 0) is 24.3 Å². The van der Waals surface area contributed by atoms with Crippen LogP contribution in [-0.4, -0.2) is 38.0 Å². The van der Waals surface area contributed by atoms with E-state index in [1.54, 1.807) is 12.0 Å². The molecule has 0 aliphatic carbocycles. The Bertz CT molecular complexity index is 887. The summed E-state index contributed by atoms with van der Waals surface area (Å²) in [5.74, 6) is 1.89. The largest absolute Gasteiger partial charge is 0.496 e. The molecule has 0 aromatic heterocycles. The van der Waals surface area contributed by atoms with Gasteiger partial charge in [0.1, 0.15) is 11.5 Å². The van der Waals surface area contributed by atoms with Gasteiger partial charge in [0.15, 0.2) is 5.72 Å². The molecular weight excluding hydrogens is 338 g/mol. The van der Waals surface area contributed by atoms with E-state index in [9.17, 15) is 0 Å². The molecule has 3 aliphatic rings. The molecule has 3 aliphatic heterocycles. The summed E-state index contributed by atoms with van der Waals surface area (Å²) in [6.45, 7) is 2.22. The van der Waals surface area contributed by atoms with Crippen LogP contribution in [0.4, 0.5) is 0 Å². The summed E-state index contributed by atoms with van der Waals surface area (Å²) in [6, 6.07) is 16.8. The number of likely N-dealkylation sites (tertiary alicyclic amines) is 1. The number of methoxy groups -OCH3 is 1. The molecule has 3 heterocycles. The molecular formula is C22H26N3O2+. The molecule has 5 nitrogen and oxygen atoms in total. The van der Waals surface area contributed by atoms with Gasteiger partial charge in [-0.15, -0.1) is 0 Å². The molecule has 0 amide bonds. The fourth-order valence-corrected chi connectivity index (χ4v) is 4.55. The van der Waals surface area contributed by atoms with Crippen LogP contribution in [0.15, 0.2) is 54.6 Å². The highest BCUT2D eigenvalue weighted by Crippen LogP contribution is 2.48. The molecule has 0 saturated carbocycles. The van der Waals surface area contributed by atoms with Gasteiger partial charge in [0.2, 0.25) is 0 Å². The minimum atomic E-state index is -0.307. The molecule has 0 unspecified atom stereocenters.